The van der Waals surface area contributed by atoms with Crippen LogP contribution in [0.2, 0.25) is 0 Å². The van der Waals surface area contributed by atoms with Crippen LogP contribution < -0.4 is 0 Å². The minimum Gasteiger partial charge on any atom is -0.285 e. The van der Waals surface area contributed by atoms with Crippen molar-refractivity contribution in [1.29, 1.82) is 5.41 Å². The van der Waals surface area contributed by atoms with Crippen molar-refractivity contribution in [3.05, 3.63) is 0 Å². The Morgan fingerprint density at radius 1 is 1.50 bits per heavy atom. The van der Waals surface area contributed by atoms with Gasteiger partial charge in [-0.3, -0.25) is 10.4 Å². The lowest BCUT2D eigenvalue weighted by molar-refractivity contribution is 0.410. The molecule has 0 atom stereocenters. The first kappa shape index (κ1) is 7.07. The zero-order chi connectivity index (χ0) is 6.57. The fraction of sp³-hybridized carbons (Fsp3) is 0.750. The van der Waals surface area contributed by atoms with Crippen molar-refractivity contribution in [3.63, 3.8) is 0 Å². The van der Waals surface area contributed by atoms with Crippen LogP contribution in [0.5, 0.6) is 0 Å². The summed E-state index contributed by atoms with van der Waals surface area (Å²) in [5.41, 5.74) is 0. The molecule has 46 valence electrons. The van der Waals surface area contributed by atoms with E-state index in [0.717, 1.165) is 0 Å². The van der Waals surface area contributed by atoms with Crippen LogP contribution in [0.1, 0.15) is 6.92 Å². The van der Waals surface area contributed by atoms with Crippen LogP contribution in [-0.4, -0.2) is 24.9 Å². The number of nitrogens with zero attached hydrogens (tertiary/aromatic N) is 3. The van der Waals surface area contributed by atoms with Gasteiger partial charge >= 0.3 is 0 Å². The fourth-order valence-electron chi connectivity index (χ4n) is 0.157. The number of hydrogen-bond donors (Lipinski definition) is 1. The first-order valence-electron chi connectivity index (χ1n) is 2.27. The van der Waals surface area contributed by atoms with E-state index in [-0.39, 0.29) is 5.84 Å². The molecule has 4 heteroatoms. The van der Waals surface area contributed by atoms with Crippen molar-refractivity contribution in [1.82, 2.24) is 5.01 Å². The predicted octanol–water partition coefficient (Wildman–Crippen LogP) is 0.912. The zero-order valence-corrected chi connectivity index (χ0v) is 5.34. The molecule has 0 aliphatic heterocycles. The summed E-state index contributed by atoms with van der Waals surface area (Å²) < 4.78 is 0. The minimum absolute atomic E-state index is 0.221. The Morgan fingerprint density at radius 2 is 2.00 bits per heavy atom. The van der Waals surface area contributed by atoms with Gasteiger partial charge in [0, 0.05) is 14.1 Å². The third kappa shape index (κ3) is 5.07. The van der Waals surface area contributed by atoms with Crippen molar-refractivity contribution in [3.8, 4) is 0 Å². The van der Waals surface area contributed by atoms with E-state index in [0.29, 0.717) is 0 Å². The molecule has 0 fully saturated rings. The van der Waals surface area contributed by atoms with E-state index in [1.54, 1.807) is 21.0 Å². The van der Waals surface area contributed by atoms with E-state index < -0.39 is 0 Å². The molecule has 0 saturated carbocycles. The summed E-state index contributed by atoms with van der Waals surface area (Å²) >= 11 is 0. The van der Waals surface area contributed by atoms with Gasteiger partial charge in [-0.1, -0.05) is 5.22 Å². The number of hydrogen-bond acceptors (Lipinski definition) is 2. The molecule has 0 aromatic carbocycles. The second kappa shape index (κ2) is 3.12. The molecule has 0 unspecified atom stereocenters. The van der Waals surface area contributed by atoms with Gasteiger partial charge in [-0.2, -0.15) is 0 Å². The molecular formula is C4H10N4. The Balaban J connectivity index is 3.50. The van der Waals surface area contributed by atoms with Gasteiger partial charge in [0.15, 0.2) is 0 Å². The number of rotatable bonds is 1. The summed E-state index contributed by atoms with van der Waals surface area (Å²) in [4.78, 5) is 0. The molecule has 0 aliphatic carbocycles. The van der Waals surface area contributed by atoms with E-state index in [4.69, 9.17) is 5.41 Å². The van der Waals surface area contributed by atoms with Crippen LogP contribution in [0.25, 0.3) is 0 Å². The van der Waals surface area contributed by atoms with Crippen molar-refractivity contribution in [2.45, 2.75) is 6.92 Å². The van der Waals surface area contributed by atoms with E-state index >= 15 is 0 Å². The van der Waals surface area contributed by atoms with Gasteiger partial charge < -0.3 is 0 Å². The highest BCUT2D eigenvalue weighted by molar-refractivity contribution is 5.76. The second-order valence-corrected chi connectivity index (χ2v) is 1.62. The third-order valence-corrected chi connectivity index (χ3v) is 0.374. The van der Waals surface area contributed by atoms with Crippen LogP contribution in [0, 0.1) is 5.41 Å². The number of amidine groups is 1. The average molecular weight is 114 g/mol. The zero-order valence-electron chi connectivity index (χ0n) is 5.34. The Morgan fingerprint density at radius 3 is 2.12 bits per heavy atom. The Kier molecular flexibility index (Phi) is 2.76. The van der Waals surface area contributed by atoms with Gasteiger partial charge in [-0.05, 0) is 6.92 Å². The second-order valence-electron chi connectivity index (χ2n) is 1.62. The maximum absolute atomic E-state index is 6.80. The van der Waals surface area contributed by atoms with Gasteiger partial charge in [-0.25, -0.2) is 0 Å². The molecule has 0 rings (SSSR count). The summed E-state index contributed by atoms with van der Waals surface area (Å²) in [6.45, 7) is 1.58. The Bertz CT molecular complexity index is 105. The molecule has 1 N–H and O–H groups in total. The van der Waals surface area contributed by atoms with Gasteiger partial charge in [0.05, 0.1) is 0 Å². The molecule has 0 aliphatic rings. The van der Waals surface area contributed by atoms with Crippen LogP contribution in [0.3, 0.4) is 0 Å². The molecule has 0 heterocycles. The lowest BCUT2D eigenvalue weighted by Gasteiger charge is -1.97. The molecule has 0 radical (unpaired) electrons. The van der Waals surface area contributed by atoms with Gasteiger partial charge in [0.1, 0.15) is 5.84 Å². The van der Waals surface area contributed by atoms with E-state index in [1.807, 2.05) is 0 Å². The van der Waals surface area contributed by atoms with Crippen molar-refractivity contribution >= 4 is 5.84 Å². The lowest BCUT2D eigenvalue weighted by atomic mass is 10.7. The first-order valence-corrected chi connectivity index (χ1v) is 2.27. The molecule has 0 aromatic rings. The first-order chi connectivity index (χ1) is 3.63. The Labute approximate surface area is 48.7 Å². The van der Waals surface area contributed by atoms with Gasteiger partial charge in [0.2, 0.25) is 0 Å². The smallest absolute Gasteiger partial charge is 0.142 e. The van der Waals surface area contributed by atoms with E-state index in [2.05, 4.69) is 10.3 Å². The van der Waals surface area contributed by atoms with E-state index in [9.17, 15) is 0 Å². The fourth-order valence-corrected chi connectivity index (χ4v) is 0.157. The molecular weight excluding hydrogens is 104 g/mol. The molecule has 0 amide bonds. The monoisotopic (exact) mass is 114 g/mol. The molecule has 0 bridgehead atoms. The molecule has 0 aromatic heterocycles. The van der Waals surface area contributed by atoms with Crippen LogP contribution in [0.4, 0.5) is 0 Å². The summed E-state index contributed by atoms with van der Waals surface area (Å²) in [5, 5.41) is 15.4. The highest BCUT2D eigenvalue weighted by Crippen LogP contribution is 1.79. The van der Waals surface area contributed by atoms with Gasteiger partial charge in [-0.15, -0.1) is 5.11 Å². The topological polar surface area (TPSA) is 51.8 Å². The standard InChI is InChI=1S/C4H10N4/c1-4(5)6-7-8(2)3/h5H,1-3H3. The number of nitrogens with one attached hydrogen (secondary N) is 1. The predicted molar refractivity (Wildman–Crippen MR) is 31.9 cm³/mol. The van der Waals surface area contributed by atoms with Crippen molar-refractivity contribution in [2.75, 3.05) is 14.1 Å². The van der Waals surface area contributed by atoms with Crippen LogP contribution >= 0.6 is 0 Å². The summed E-state index contributed by atoms with van der Waals surface area (Å²) in [5.74, 6) is 0.221. The molecule has 0 spiro atoms. The molecule has 0 saturated heterocycles. The quantitative estimate of drug-likeness (QED) is 0.234. The van der Waals surface area contributed by atoms with Crippen LogP contribution in [0.15, 0.2) is 10.3 Å². The summed E-state index contributed by atoms with van der Waals surface area (Å²) in [6, 6.07) is 0. The lowest BCUT2D eigenvalue weighted by Crippen LogP contribution is -2.00. The van der Waals surface area contributed by atoms with Crippen molar-refractivity contribution < 1.29 is 0 Å². The van der Waals surface area contributed by atoms with Gasteiger partial charge in [0.25, 0.3) is 0 Å². The normalized spacial score (nSPS) is 9.88. The molecule has 4 nitrogen and oxygen atoms in total. The third-order valence-electron chi connectivity index (χ3n) is 0.374. The van der Waals surface area contributed by atoms with Crippen LogP contribution in [-0.2, 0) is 0 Å². The Hall–Kier alpha value is -0.930. The highest BCUT2D eigenvalue weighted by Gasteiger charge is 1.78. The molecule has 8 heavy (non-hydrogen) atoms. The highest BCUT2D eigenvalue weighted by atomic mass is 15.5. The summed E-state index contributed by atoms with van der Waals surface area (Å²) in [6.07, 6.45) is 0. The maximum atomic E-state index is 6.80. The maximum Gasteiger partial charge on any atom is 0.142 e. The largest absolute Gasteiger partial charge is 0.285 e. The van der Waals surface area contributed by atoms with E-state index in [1.165, 1.54) is 5.01 Å². The SMILES string of the molecule is CC(=N)N=NN(C)C. The summed E-state index contributed by atoms with van der Waals surface area (Å²) in [7, 11) is 3.51. The average Bonchev–Trinajstić information content (AvgIpc) is 1.61. The van der Waals surface area contributed by atoms with Crippen molar-refractivity contribution in [2.24, 2.45) is 10.3 Å². The minimum atomic E-state index is 0.221.